The first kappa shape index (κ1) is 18.2. The average Bonchev–Trinajstić information content (AvgIpc) is 3.34. The van der Waals surface area contributed by atoms with Gasteiger partial charge in [0.15, 0.2) is 4.34 Å². The molecule has 0 spiro atoms. The van der Waals surface area contributed by atoms with Gasteiger partial charge in [-0.15, -0.1) is 22.7 Å². The molecule has 7 heteroatoms. The van der Waals surface area contributed by atoms with Gasteiger partial charge in [-0.3, -0.25) is 4.79 Å². The summed E-state index contributed by atoms with van der Waals surface area (Å²) in [6, 6.07) is 17.8. The fourth-order valence-electron chi connectivity index (χ4n) is 2.67. The second kappa shape index (κ2) is 8.21. The summed E-state index contributed by atoms with van der Waals surface area (Å²) >= 11 is 4.58. The van der Waals surface area contributed by atoms with E-state index in [1.807, 2.05) is 41.8 Å². The highest BCUT2D eigenvalue weighted by atomic mass is 32.2. The Morgan fingerprint density at radius 2 is 1.93 bits per heavy atom. The summed E-state index contributed by atoms with van der Waals surface area (Å²) in [7, 11) is 0. The molecule has 4 aromatic rings. The van der Waals surface area contributed by atoms with Gasteiger partial charge < -0.3 is 5.32 Å². The number of para-hydroxylation sites is 1. The molecule has 2 heterocycles. The first-order valence-electron chi connectivity index (χ1n) is 8.25. The zero-order valence-corrected chi connectivity index (χ0v) is 16.5. The van der Waals surface area contributed by atoms with Crippen LogP contribution in [0.25, 0.3) is 10.2 Å². The molecule has 0 aliphatic carbocycles. The highest BCUT2D eigenvalue weighted by Crippen LogP contribution is 2.30. The summed E-state index contributed by atoms with van der Waals surface area (Å²) in [5.41, 5.74) is 1.81. The molecule has 1 atom stereocenters. The normalized spacial score (nSPS) is 12.2. The quantitative estimate of drug-likeness (QED) is 0.424. The maximum absolute atomic E-state index is 13.3. The van der Waals surface area contributed by atoms with Gasteiger partial charge in [0.2, 0.25) is 5.91 Å². The maximum Gasteiger partial charge on any atom is 0.231 e. The van der Waals surface area contributed by atoms with E-state index in [-0.39, 0.29) is 23.5 Å². The number of hydrogen-bond donors (Lipinski definition) is 1. The highest BCUT2D eigenvalue weighted by Gasteiger charge is 2.18. The van der Waals surface area contributed by atoms with Crippen LogP contribution < -0.4 is 5.32 Å². The molecular formula is C20H15FN2OS3. The Morgan fingerprint density at radius 3 is 2.67 bits per heavy atom. The largest absolute Gasteiger partial charge is 0.344 e. The van der Waals surface area contributed by atoms with E-state index in [2.05, 4.69) is 10.3 Å². The molecule has 0 bridgehead atoms. The summed E-state index contributed by atoms with van der Waals surface area (Å²) in [5, 5.41) is 5.03. The second-order valence-electron chi connectivity index (χ2n) is 5.80. The molecule has 3 nitrogen and oxygen atoms in total. The Labute approximate surface area is 168 Å². The predicted molar refractivity (Wildman–Crippen MR) is 111 cm³/mol. The number of rotatable bonds is 6. The number of thiazole rings is 1. The van der Waals surface area contributed by atoms with Crippen molar-refractivity contribution in [2.45, 2.75) is 10.4 Å². The van der Waals surface area contributed by atoms with Crippen LogP contribution in [-0.4, -0.2) is 16.6 Å². The molecule has 2 aromatic carbocycles. The average molecular weight is 415 g/mol. The number of fused-ring (bicyclic) bond motifs is 1. The molecule has 136 valence electrons. The van der Waals surface area contributed by atoms with Crippen LogP contribution in [0.5, 0.6) is 0 Å². The van der Waals surface area contributed by atoms with Gasteiger partial charge >= 0.3 is 0 Å². The molecule has 0 fully saturated rings. The van der Waals surface area contributed by atoms with Crippen LogP contribution in [0.2, 0.25) is 0 Å². The van der Waals surface area contributed by atoms with Gasteiger partial charge in [0.25, 0.3) is 0 Å². The van der Waals surface area contributed by atoms with Crippen molar-refractivity contribution in [2.75, 3.05) is 5.75 Å². The lowest BCUT2D eigenvalue weighted by atomic mass is 10.1. The molecule has 0 aliphatic rings. The number of nitrogens with one attached hydrogen (secondary N) is 1. The first-order chi connectivity index (χ1) is 13.2. The fraction of sp³-hybridized carbons (Fsp3) is 0.100. The van der Waals surface area contributed by atoms with Crippen molar-refractivity contribution in [3.63, 3.8) is 0 Å². The van der Waals surface area contributed by atoms with Crippen LogP contribution in [0.1, 0.15) is 16.5 Å². The number of carbonyl (C=O) groups excluding carboxylic acids is 1. The van der Waals surface area contributed by atoms with Gasteiger partial charge in [0.1, 0.15) is 5.82 Å². The summed E-state index contributed by atoms with van der Waals surface area (Å²) < 4.78 is 15.2. The topological polar surface area (TPSA) is 42.0 Å². The van der Waals surface area contributed by atoms with Crippen molar-refractivity contribution < 1.29 is 9.18 Å². The molecule has 4 rings (SSSR count). The first-order valence-corrected chi connectivity index (χ1v) is 10.9. The van der Waals surface area contributed by atoms with Gasteiger partial charge in [0, 0.05) is 4.88 Å². The van der Waals surface area contributed by atoms with E-state index in [0.29, 0.717) is 0 Å². The molecule has 0 saturated heterocycles. The molecule has 0 aliphatic heterocycles. The zero-order valence-electron chi connectivity index (χ0n) is 14.1. The third-order valence-corrected chi connectivity index (χ3v) is 7.05. The number of carbonyl (C=O) groups is 1. The van der Waals surface area contributed by atoms with Crippen molar-refractivity contribution in [3.8, 4) is 0 Å². The van der Waals surface area contributed by atoms with E-state index >= 15 is 0 Å². The van der Waals surface area contributed by atoms with Gasteiger partial charge in [-0.2, -0.15) is 0 Å². The lowest BCUT2D eigenvalue weighted by Crippen LogP contribution is -2.30. The minimum Gasteiger partial charge on any atom is -0.344 e. The van der Waals surface area contributed by atoms with Gasteiger partial charge in [-0.05, 0) is 41.3 Å². The fourth-order valence-corrected chi connectivity index (χ4v) is 5.35. The van der Waals surface area contributed by atoms with Crippen molar-refractivity contribution in [3.05, 3.63) is 82.3 Å². The molecule has 0 saturated carbocycles. The molecule has 27 heavy (non-hydrogen) atoms. The monoisotopic (exact) mass is 414 g/mol. The standard InChI is InChI=1S/C20H15FN2OS3/c21-14-9-7-13(8-10-14)19(17-6-3-11-25-17)23-18(24)12-26-20-22-15-4-1-2-5-16(15)27-20/h1-11,19H,12H2,(H,23,24)/t19-/m1/s1. The molecule has 1 N–H and O–H groups in total. The Morgan fingerprint density at radius 1 is 1.11 bits per heavy atom. The van der Waals surface area contributed by atoms with Crippen LogP contribution in [0.15, 0.2) is 70.4 Å². The number of thioether (sulfide) groups is 1. The van der Waals surface area contributed by atoms with Crippen molar-refractivity contribution in [2.24, 2.45) is 0 Å². The van der Waals surface area contributed by atoms with Crippen LogP contribution in [-0.2, 0) is 4.79 Å². The van der Waals surface area contributed by atoms with Gasteiger partial charge in [-0.1, -0.05) is 42.1 Å². The second-order valence-corrected chi connectivity index (χ2v) is 9.04. The van der Waals surface area contributed by atoms with E-state index in [9.17, 15) is 9.18 Å². The van der Waals surface area contributed by atoms with Crippen LogP contribution in [0.4, 0.5) is 4.39 Å². The number of benzene rings is 2. The van der Waals surface area contributed by atoms with Crippen LogP contribution in [0.3, 0.4) is 0 Å². The lowest BCUT2D eigenvalue weighted by Gasteiger charge is -2.18. The minimum atomic E-state index is -0.290. The van der Waals surface area contributed by atoms with Crippen molar-refractivity contribution >= 4 is 50.6 Å². The zero-order chi connectivity index (χ0) is 18.6. The number of hydrogen-bond acceptors (Lipinski definition) is 5. The number of aromatic nitrogens is 1. The Balaban J connectivity index is 1.46. The molecule has 0 unspecified atom stereocenters. The Hall–Kier alpha value is -2.22. The SMILES string of the molecule is O=C(CSc1nc2ccccc2s1)N[C@H](c1ccc(F)cc1)c1cccs1. The Kier molecular flexibility index (Phi) is 5.52. The van der Waals surface area contributed by atoms with Crippen LogP contribution in [0, 0.1) is 5.82 Å². The lowest BCUT2D eigenvalue weighted by molar-refractivity contribution is -0.119. The van der Waals surface area contributed by atoms with Crippen molar-refractivity contribution in [1.82, 2.24) is 10.3 Å². The number of halogens is 1. The van der Waals surface area contributed by atoms with E-state index < -0.39 is 0 Å². The maximum atomic E-state index is 13.3. The summed E-state index contributed by atoms with van der Waals surface area (Å²) in [6.07, 6.45) is 0. The van der Waals surface area contributed by atoms with E-state index in [1.54, 1.807) is 34.8 Å². The summed E-state index contributed by atoms with van der Waals surface area (Å²) in [5.74, 6) is -0.0912. The van der Waals surface area contributed by atoms with E-state index in [0.717, 1.165) is 25.0 Å². The highest BCUT2D eigenvalue weighted by molar-refractivity contribution is 8.01. The predicted octanol–water partition coefficient (Wildman–Crippen LogP) is 5.49. The summed E-state index contributed by atoms with van der Waals surface area (Å²) in [6.45, 7) is 0. The van der Waals surface area contributed by atoms with E-state index in [1.165, 1.54) is 23.9 Å². The minimum absolute atomic E-state index is 0.0815. The molecule has 2 aromatic heterocycles. The summed E-state index contributed by atoms with van der Waals surface area (Å²) in [4.78, 5) is 18.1. The molecule has 0 radical (unpaired) electrons. The van der Waals surface area contributed by atoms with Crippen molar-refractivity contribution in [1.29, 1.82) is 0 Å². The van der Waals surface area contributed by atoms with E-state index in [4.69, 9.17) is 0 Å². The Bertz CT molecular complexity index is 1010. The number of thiophene rings is 1. The number of nitrogens with zero attached hydrogens (tertiary/aromatic N) is 1. The molecule has 1 amide bonds. The molecular weight excluding hydrogens is 399 g/mol. The smallest absolute Gasteiger partial charge is 0.231 e. The van der Waals surface area contributed by atoms with Crippen LogP contribution >= 0.6 is 34.4 Å². The third-order valence-electron chi connectivity index (χ3n) is 3.94. The van der Waals surface area contributed by atoms with Gasteiger partial charge in [0.05, 0.1) is 22.0 Å². The number of amides is 1. The third kappa shape index (κ3) is 4.37. The van der Waals surface area contributed by atoms with Gasteiger partial charge in [-0.25, -0.2) is 9.37 Å².